The van der Waals surface area contributed by atoms with Crippen molar-refractivity contribution in [1.29, 1.82) is 0 Å². The average molecular weight is 330 g/mol. The number of ether oxygens (including phenoxy) is 1. The summed E-state index contributed by atoms with van der Waals surface area (Å²) in [5.41, 5.74) is 1.31. The second-order valence-electron chi connectivity index (χ2n) is 7.13. The van der Waals surface area contributed by atoms with E-state index >= 15 is 0 Å². The first kappa shape index (κ1) is 17.3. The Morgan fingerprint density at radius 2 is 2.00 bits per heavy atom. The van der Waals surface area contributed by atoms with Gasteiger partial charge in [-0.25, -0.2) is 4.79 Å². The van der Waals surface area contributed by atoms with E-state index in [1.54, 1.807) is 0 Å². The molecular formula is C20H30N2O2. The molecule has 132 valence electrons. The number of rotatable bonds is 4. The van der Waals surface area contributed by atoms with Crippen LogP contribution in [0.25, 0.3) is 0 Å². The topological polar surface area (TPSA) is 32.8 Å². The molecule has 1 unspecified atom stereocenters. The van der Waals surface area contributed by atoms with Gasteiger partial charge in [0, 0.05) is 19.6 Å². The summed E-state index contributed by atoms with van der Waals surface area (Å²) in [6.07, 6.45) is 6.89. The quantitative estimate of drug-likeness (QED) is 0.827. The van der Waals surface area contributed by atoms with Gasteiger partial charge in [0.1, 0.15) is 5.75 Å². The van der Waals surface area contributed by atoms with Crippen molar-refractivity contribution < 1.29 is 9.53 Å². The van der Waals surface area contributed by atoms with Gasteiger partial charge in [0.15, 0.2) is 0 Å². The molecule has 0 N–H and O–H groups in total. The van der Waals surface area contributed by atoms with Crippen molar-refractivity contribution in [2.75, 3.05) is 32.7 Å². The van der Waals surface area contributed by atoms with Crippen molar-refractivity contribution in [3.05, 3.63) is 29.8 Å². The smallest absolute Gasteiger partial charge is 0.410 e. The molecule has 0 saturated carbocycles. The highest BCUT2D eigenvalue weighted by atomic mass is 16.6. The number of hydrogen-bond donors (Lipinski definition) is 0. The fraction of sp³-hybridized carbons (Fsp3) is 0.650. The van der Waals surface area contributed by atoms with Crippen LogP contribution < -0.4 is 4.74 Å². The molecule has 0 aromatic heterocycles. The fourth-order valence-electron chi connectivity index (χ4n) is 3.92. The first-order chi connectivity index (χ1) is 11.8. The minimum Gasteiger partial charge on any atom is -0.410 e. The monoisotopic (exact) mass is 330 g/mol. The van der Waals surface area contributed by atoms with Crippen LogP contribution in [-0.4, -0.2) is 48.6 Å². The molecule has 4 heteroatoms. The number of amides is 1. The van der Waals surface area contributed by atoms with Gasteiger partial charge < -0.3 is 14.5 Å². The van der Waals surface area contributed by atoms with Gasteiger partial charge >= 0.3 is 6.09 Å². The van der Waals surface area contributed by atoms with Gasteiger partial charge in [0.2, 0.25) is 0 Å². The molecule has 1 atom stereocenters. The van der Waals surface area contributed by atoms with Crippen molar-refractivity contribution in [2.45, 2.75) is 51.4 Å². The second kappa shape index (κ2) is 8.52. The predicted octanol–water partition coefficient (Wildman–Crippen LogP) is 4.26. The van der Waals surface area contributed by atoms with E-state index in [0.29, 0.717) is 11.7 Å². The third kappa shape index (κ3) is 4.50. The number of likely N-dealkylation sites (tertiary alicyclic amines) is 2. The van der Waals surface area contributed by atoms with Crippen LogP contribution in [0.2, 0.25) is 0 Å². The maximum absolute atomic E-state index is 12.3. The minimum absolute atomic E-state index is 0.192. The summed E-state index contributed by atoms with van der Waals surface area (Å²) in [4.78, 5) is 16.7. The van der Waals surface area contributed by atoms with E-state index in [1.165, 1.54) is 44.3 Å². The van der Waals surface area contributed by atoms with E-state index in [4.69, 9.17) is 4.74 Å². The highest BCUT2D eigenvalue weighted by molar-refractivity contribution is 5.70. The molecule has 1 aromatic rings. The van der Waals surface area contributed by atoms with E-state index in [-0.39, 0.29) is 6.09 Å². The summed E-state index contributed by atoms with van der Waals surface area (Å²) in [5, 5.41) is 0. The first-order valence-corrected chi connectivity index (χ1v) is 9.55. The number of benzene rings is 1. The normalized spacial score (nSPS) is 22.4. The van der Waals surface area contributed by atoms with E-state index in [0.717, 1.165) is 32.5 Å². The highest BCUT2D eigenvalue weighted by Crippen LogP contribution is 2.29. The van der Waals surface area contributed by atoms with Gasteiger partial charge in [0.05, 0.1) is 0 Å². The summed E-state index contributed by atoms with van der Waals surface area (Å²) in [5.74, 6) is 1.25. The molecule has 0 bridgehead atoms. The van der Waals surface area contributed by atoms with E-state index in [9.17, 15) is 4.79 Å². The highest BCUT2D eigenvalue weighted by Gasteiger charge is 2.22. The first-order valence-electron chi connectivity index (χ1n) is 9.55. The fourth-order valence-corrected chi connectivity index (χ4v) is 3.92. The van der Waals surface area contributed by atoms with Crippen LogP contribution in [0.15, 0.2) is 24.3 Å². The third-order valence-corrected chi connectivity index (χ3v) is 5.19. The Labute approximate surface area is 145 Å². The summed E-state index contributed by atoms with van der Waals surface area (Å²) >= 11 is 0. The molecule has 4 nitrogen and oxygen atoms in total. The Morgan fingerprint density at radius 1 is 1.17 bits per heavy atom. The van der Waals surface area contributed by atoms with Gasteiger partial charge in [-0.3, -0.25) is 0 Å². The minimum atomic E-state index is -0.192. The molecule has 2 heterocycles. The molecule has 24 heavy (non-hydrogen) atoms. The van der Waals surface area contributed by atoms with E-state index in [1.807, 2.05) is 17.0 Å². The van der Waals surface area contributed by atoms with Crippen molar-refractivity contribution >= 4 is 6.09 Å². The molecular weight excluding hydrogens is 300 g/mol. The van der Waals surface area contributed by atoms with Gasteiger partial charge in [-0.05, 0) is 75.2 Å². The van der Waals surface area contributed by atoms with Crippen molar-refractivity contribution in [1.82, 2.24) is 9.80 Å². The van der Waals surface area contributed by atoms with Crippen LogP contribution in [0.1, 0.15) is 56.9 Å². The van der Waals surface area contributed by atoms with E-state index in [2.05, 4.69) is 24.0 Å². The molecule has 2 fully saturated rings. The largest absolute Gasteiger partial charge is 0.415 e. The molecule has 2 aliphatic rings. The zero-order valence-electron chi connectivity index (χ0n) is 14.9. The van der Waals surface area contributed by atoms with Crippen LogP contribution in [0.4, 0.5) is 4.79 Å². The van der Waals surface area contributed by atoms with Gasteiger partial charge in [-0.2, -0.15) is 0 Å². The van der Waals surface area contributed by atoms with Crippen molar-refractivity contribution in [2.24, 2.45) is 0 Å². The van der Waals surface area contributed by atoms with Crippen LogP contribution in [-0.2, 0) is 0 Å². The molecule has 2 saturated heterocycles. The van der Waals surface area contributed by atoms with Crippen LogP contribution >= 0.6 is 0 Å². The SMILES string of the molecule is CCCN1CCCC(c2cccc(OC(=O)N3CCCCC3)c2)C1. The van der Waals surface area contributed by atoms with Crippen LogP contribution in [0, 0.1) is 0 Å². The van der Waals surface area contributed by atoms with Gasteiger partial charge in [-0.15, -0.1) is 0 Å². The Kier molecular flexibility index (Phi) is 6.13. The molecule has 1 aromatic carbocycles. The lowest BCUT2D eigenvalue weighted by Crippen LogP contribution is -2.37. The number of carbonyl (C=O) groups excluding carboxylic acids is 1. The summed E-state index contributed by atoms with van der Waals surface area (Å²) < 4.78 is 5.63. The zero-order chi connectivity index (χ0) is 16.8. The average Bonchev–Trinajstić information content (AvgIpc) is 2.63. The molecule has 1 amide bonds. The lowest BCUT2D eigenvalue weighted by atomic mass is 9.90. The molecule has 3 rings (SSSR count). The maximum Gasteiger partial charge on any atom is 0.415 e. The third-order valence-electron chi connectivity index (χ3n) is 5.19. The van der Waals surface area contributed by atoms with Crippen LogP contribution in [0.3, 0.4) is 0 Å². The Bertz CT molecular complexity index is 538. The number of carbonyl (C=O) groups is 1. The maximum atomic E-state index is 12.3. The number of piperidine rings is 2. The van der Waals surface area contributed by atoms with Crippen LogP contribution in [0.5, 0.6) is 5.75 Å². The van der Waals surface area contributed by atoms with E-state index < -0.39 is 0 Å². The van der Waals surface area contributed by atoms with Crippen molar-refractivity contribution in [3.8, 4) is 5.75 Å². The lowest BCUT2D eigenvalue weighted by Gasteiger charge is -2.33. The summed E-state index contributed by atoms with van der Waals surface area (Å²) in [6, 6.07) is 8.17. The molecule has 0 radical (unpaired) electrons. The summed E-state index contributed by atoms with van der Waals surface area (Å²) in [7, 11) is 0. The number of nitrogens with zero attached hydrogens (tertiary/aromatic N) is 2. The number of hydrogen-bond acceptors (Lipinski definition) is 3. The predicted molar refractivity (Wildman–Crippen MR) is 96.6 cm³/mol. The summed E-state index contributed by atoms with van der Waals surface area (Å²) in [6.45, 7) is 7.41. The second-order valence-corrected chi connectivity index (χ2v) is 7.13. The van der Waals surface area contributed by atoms with Crippen molar-refractivity contribution in [3.63, 3.8) is 0 Å². The standard InChI is InChI=1S/C20H30N2O2/c1-2-11-21-12-7-9-18(16-21)17-8-6-10-19(15-17)24-20(23)22-13-4-3-5-14-22/h6,8,10,15,18H,2-5,7,9,11-14,16H2,1H3. The molecule has 0 aliphatic carbocycles. The Morgan fingerprint density at radius 3 is 2.79 bits per heavy atom. The Balaban J connectivity index is 1.62. The molecule has 0 spiro atoms. The van der Waals surface area contributed by atoms with Gasteiger partial charge in [0.25, 0.3) is 0 Å². The van der Waals surface area contributed by atoms with Gasteiger partial charge in [-0.1, -0.05) is 19.1 Å². The zero-order valence-corrected chi connectivity index (χ0v) is 14.9. The lowest BCUT2D eigenvalue weighted by molar-refractivity contribution is 0.142. The Hall–Kier alpha value is -1.55. The molecule has 2 aliphatic heterocycles.